The van der Waals surface area contributed by atoms with Crippen LogP contribution in [0.5, 0.6) is 11.5 Å². The molecule has 0 radical (unpaired) electrons. The zero-order valence-corrected chi connectivity index (χ0v) is 13.9. The molecular weight excluding hydrogens is 278 g/mol. The summed E-state index contributed by atoms with van der Waals surface area (Å²) in [5.41, 5.74) is 0.541. The number of carbonyl (C=O) groups excluding carboxylic acids is 1. The van der Waals surface area contributed by atoms with Gasteiger partial charge in [-0.05, 0) is 45.2 Å². The lowest BCUT2D eigenvalue weighted by atomic mass is 9.97. The van der Waals surface area contributed by atoms with E-state index >= 15 is 0 Å². The van der Waals surface area contributed by atoms with Crippen LogP contribution in [0.3, 0.4) is 0 Å². The molecule has 4 nitrogen and oxygen atoms in total. The quantitative estimate of drug-likeness (QED) is 0.570. The lowest BCUT2D eigenvalue weighted by Crippen LogP contribution is -2.44. The predicted molar refractivity (Wildman–Crippen MR) is 88.0 cm³/mol. The van der Waals surface area contributed by atoms with Gasteiger partial charge in [0, 0.05) is 18.6 Å². The Hall–Kier alpha value is -1.55. The largest absolute Gasteiger partial charge is 0.493 e. The van der Waals surface area contributed by atoms with Crippen LogP contribution >= 0.6 is 0 Å². The molecule has 122 valence electrons. The van der Waals surface area contributed by atoms with E-state index in [2.05, 4.69) is 18.7 Å². The molecule has 0 unspecified atom stereocenters. The first kappa shape index (κ1) is 16.8. The van der Waals surface area contributed by atoms with E-state index in [-0.39, 0.29) is 0 Å². The van der Waals surface area contributed by atoms with E-state index < -0.39 is 0 Å². The van der Waals surface area contributed by atoms with Crippen molar-refractivity contribution in [1.29, 1.82) is 0 Å². The molecule has 1 saturated heterocycles. The van der Waals surface area contributed by atoms with E-state index in [0.717, 1.165) is 19.3 Å². The smallest absolute Gasteiger partial charge is 0.171 e. The fourth-order valence-corrected chi connectivity index (χ4v) is 3.28. The molecule has 1 aromatic rings. The van der Waals surface area contributed by atoms with Crippen molar-refractivity contribution in [2.24, 2.45) is 0 Å². The Kier molecular flexibility index (Phi) is 6.25. The van der Waals surface area contributed by atoms with Gasteiger partial charge in [0.1, 0.15) is 0 Å². The Morgan fingerprint density at radius 1 is 1.27 bits per heavy atom. The molecular formula is C18H27NO3. The van der Waals surface area contributed by atoms with Gasteiger partial charge in [0.2, 0.25) is 0 Å². The third-order valence-corrected chi connectivity index (χ3v) is 4.54. The van der Waals surface area contributed by atoms with Crippen molar-refractivity contribution in [2.75, 3.05) is 20.3 Å². The number of likely N-dealkylation sites (tertiary alicyclic amines) is 1. The van der Waals surface area contributed by atoms with Crippen LogP contribution in [0.4, 0.5) is 0 Å². The van der Waals surface area contributed by atoms with Crippen molar-refractivity contribution in [3.63, 3.8) is 0 Å². The van der Waals surface area contributed by atoms with E-state index in [0.29, 0.717) is 35.8 Å². The molecule has 2 atom stereocenters. The molecule has 1 aromatic carbocycles. The molecule has 1 heterocycles. The lowest BCUT2D eigenvalue weighted by Gasteiger charge is -2.39. The SMILES string of the molecule is COc1cccc(C=O)c1OCCCN1[C@@H](C)CCC[C@@H]1C. The third kappa shape index (κ3) is 4.01. The number of piperidine rings is 1. The number of methoxy groups -OCH3 is 1. The normalized spacial score (nSPS) is 22.3. The topological polar surface area (TPSA) is 38.8 Å². The number of para-hydroxylation sites is 1. The van der Waals surface area contributed by atoms with Crippen molar-refractivity contribution < 1.29 is 14.3 Å². The van der Waals surface area contributed by atoms with E-state index in [9.17, 15) is 4.79 Å². The Labute approximate surface area is 133 Å². The van der Waals surface area contributed by atoms with Crippen molar-refractivity contribution in [1.82, 2.24) is 4.90 Å². The van der Waals surface area contributed by atoms with Crippen LogP contribution in [-0.2, 0) is 0 Å². The summed E-state index contributed by atoms with van der Waals surface area (Å²) in [6, 6.07) is 6.67. The minimum atomic E-state index is 0.541. The first-order valence-electron chi connectivity index (χ1n) is 8.18. The highest BCUT2D eigenvalue weighted by Crippen LogP contribution is 2.30. The van der Waals surface area contributed by atoms with Crippen LogP contribution in [0.25, 0.3) is 0 Å². The second-order valence-electron chi connectivity index (χ2n) is 6.07. The Morgan fingerprint density at radius 3 is 2.64 bits per heavy atom. The summed E-state index contributed by atoms with van der Waals surface area (Å²) in [7, 11) is 1.59. The predicted octanol–water partition coefficient (Wildman–Crippen LogP) is 3.54. The summed E-state index contributed by atoms with van der Waals surface area (Å²) in [6.45, 7) is 6.24. The Bertz CT molecular complexity index is 479. The minimum absolute atomic E-state index is 0.541. The van der Waals surface area contributed by atoms with Gasteiger partial charge < -0.3 is 9.47 Å². The number of hydrogen-bond donors (Lipinski definition) is 0. The maximum absolute atomic E-state index is 11.1. The average Bonchev–Trinajstić information content (AvgIpc) is 2.53. The number of hydrogen-bond acceptors (Lipinski definition) is 4. The van der Waals surface area contributed by atoms with Crippen molar-refractivity contribution in [3.8, 4) is 11.5 Å². The highest BCUT2D eigenvalue weighted by molar-refractivity contribution is 5.81. The van der Waals surface area contributed by atoms with E-state index in [1.807, 2.05) is 6.07 Å². The van der Waals surface area contributed by atoms with Gasteiger partial charge in [0.15, 0.2) is 17.8 Å². The number of nitrogens with zero attached hydrogens (tertiary/aromatic N) is 1. The highest BCUT2D eigenvalue weighted by atomic mass is 16.5. The summed E-state index contributed by atoms with van der Waals surface area (Å²) in [4.78, 5) is 13.7. The van der Waals surface area contributed by atoms with Gasteiger partial charge in [0.05, 0.1) is 19.3 Å². The second-order valence-corrected chi connectivity index (χ2v) is 6.07. The monoisotopic (exact) mass is 305 g/mol. The van der Waals surface area contributed by atoms with Crippen molar-refractivity contribution >= 4 is 6.29 Å². The van der Waals surface area contributed by atoms with E-state index in [1.165, 1.54) is 19.3 Å². The van der Waals surface area contributed by atoms with Crippen LogP contribution in [0, 0.1) is 0 Å². The summed E-state index contributed by atoms with van der Waals surface area (Å²) < 4.78 is 11.1. The van der Waals surface area contributed by atoms with Gasteiger partial charge in [-0.1, -0.05) is 12.5 Å². The van der Waals surface area contributed by atoms with Gasteiger partial charge in [-0.3, -0.25) is 9.69 Å². The summed E-state index contributed by atoms with van der Waals surface area (Å²) in [6.07, 6.45) is 5.66. The third-order valence-electron chi connectivity index (χ3n) is 4.54. The molecule has 0 spiro atoms. The number of benzene rings is 1. The standard InChI is InChI=1S/C18H27NO3/c1-14-7-4-8-15(2)19(14)11-6-12-22-18-16(13-20)9-5-10-17(18)21-3/h5,9-10,13-15H,4,6-8,11-12H2,1-3H3/t14-,15-/m0/s1. The summed E-state index contributed by atoms with van der Waals surface area (Å²) >= 11 is 0. The molecule has 22 heavy (non-hydrogen) atoms. The van der Waals surface area contributed by atoms with Gasteiger partial charge in [-0.2, -0.15) is 0 Å². The molecule has 0 saturated carbocycles. The fraction of sp³-hybridized carbons (Fsp3) is 0.611. The molecule has 1 aliphatic rings. The van der Waals surface area contributed by atoms with E-state index in [1.54, 1.807) is 19.2 Å². The summed E-state index contributed by atoms with van der Waals surface area (Å²) in [5, 5.41) is 0. The first-order chi connectivity index (χ1) is 10.7. The Balaban J connectivity index is 1.87. The number of carbonyl (C=O) groups is 1. The lowest BCUT2D eigenvalue weighted by molar-refractivity contribution is 0.0957. The molecule has 1 fully saturated rings. The molecule has 0 amide bonds. The van der Waals surface area contributed by atoms with Crippen LogP contribution in [-0.4, -0.2) is 43.5 Å². The van der Waals surface area contributed by atoms with Gasteiger partial charge in [-0.25, -0.2) is 0 Å². The van der Waals surface area contributed by atoms with Crippen LogP contribution < -0.4 is 9.47 Å². The fourth-order valence-electron chi connectivity index (χ4n) is 3.28. The minimum Gasteiger partial charge on any atom is -0.493 e. The molecule has 2 rings (SSSR count). The Morgan fingerprint density at radius 2 is 2.00 bits per heavy atom. The molecule has 0 N–H and O–H groups in total. The first-order valence-corrected chi connectivity index (χ1v) is 8.18. The number of aldehydes is 1. The van der Waals surface area contributed by atoms with Gasteiger partial charge in [0.25, 0.3) is 0 Å². The van der Waals surface area contributed by atoms with Crippen LogP contribution in [0.2, 0.25) is 0 Å². The summed E-state index contributed by atoms with van der Waals surface area (Å²) in [5.74, 6) is 1.17. The average molecular weight is 305 g/mol. The highest BCUT2D eigenvalue weighted by Gasteiger charge is 2.23. The molecule has 0 bridgehead atoms. The zero-order chi connectivity index (χ0) is 15.9. The molecule has 1 aliphatic heterocycles. The van der Waals surface area contributed by atoms with Crippen molar-refractivity contribution in [3.05, 3.63) is 23.8 Å². The van der Waals surface area contributed by atoms with Crippen molar-refractivity contribution in [2.45, 2.75) is 51.6 Å². The van der Waals surface area contributed by atoms with Crippen LogP contribution in [0.1, 0.15) is 49.9 Å². The van der Waals surface area contributed by atoms with E-state index in [4.69, 9.17) is 9.47 Å². The second kappa shape index (κ2) is 8.18. The maximum atomic E-state index is 11.1. The van der Waals surface area contributed by atoms with Gasteiger partial charge >= 0.3 is 0 Å². The maximum Gasteiger partial charge on any atom is 0.171 e. The van der Waals surface area contributed by atoms with Crippen LogP contribution in [0.15, 0.2) is 18.2 Å². The van der Waals surface area contributed by atoms with Gasteiger partial charge in [-0.15, -0.1) is 0 Å². The number of rotatable bonds is 7. The molecule has 0 aromatic heterocycles. The molecule has 0 aliphatic carbocycles. The molecule has 4 heteroatoms. The zero-order valence-electron chi connectivity index (χ0n) is 13.9. The number of ether oxygens (including phenoxy) is 2.